The number of rotatable bonds is 6. The third-order valence-corrected chi connectivity index (χ3v) is 10.2. The lowest BCUT2D eigenvalue weighted by atomic mass is 9.61. The Morgan fingerprint density at radius 1 is 1.05 bits per heavy atom. The highest BCUT2D eigenvalue weighted by Gasteiger charge is 2.52. The van der Waals surface area contributed by atoms with E-state index in [9.17, 15) is 17.6 Å². The predicted molar refractivity (Wildman–Crippen MR) is 148 cm³/mol. The van der Waals surface area contributed by atoms with E-state index in [0.717, 1.165) is 16.8 Å². The summed E-state index contributed by atoms with van der Waals surface area (Å²) >= 11 is 0. The molecule has 0 unspecified atom stereocenters. The number of ketones is 1. The molecule has 0 spiro atoms. The Hall–Kier alpha value is -4.11. The number of hydrogen-bond acceptors (Lipinski definition) is 5. The number of fused-ring (bicyclic) bond motifs is 2. The fourth-order valence-electron chi connectivity index (χ4n) is 5.86. The topological polar surface area (TPSA) is 85.2 Å². The van der Waals surface area contributed by atoms with E-state index in [-0.39, 0.29) is 18.0 Å². The molecule has 2 aromatic carbocycles. The molecule has 39 heavy (non-hydrogen) atoms. The molecule has 2 atom stereocenters. The van der Waals surface area contributed by atoms with Gasteiger partial charge in [-0.3, -0.25) is 14.1 Å². The summed E-state index contributed by atoms with van der Waals surface area (Å²) < 4.78 is 44.3. The van der Waals surface area contributed by atoms with Crippen molar-refractivity contribution in [2.75, 3.05) is 11.4 Å². The third-order valence-electron chi connectivity index (χ3n) is 7.94. The van der Waals surface area contributed by atoms with Gasteiger partial charge in [0.15, 0.2) is 5.78 Å². The van der Waals surface area contributed by atoms with Gasteiger partial charge in [0, 0.05) is 13.2 Å². The first-order chi connectivity index (χ1) is 18.8. The second kappa shape index (κ2) is 9.57. The van der Waals surface area contributed by atoms with Gasteiger partial charge in [0.05, 0.1) is 33.9 Å². The van der Waals surface area contributed by atoms with E-state index in [0.29, 0.717) is 36.3 Å². The van der Waals surface area contributed by atoms with Gasteiger partial charge >= 0.3 is 0 Å². The Morgan fingerprint density at radius 3 is 2.51 bits per heavy atom. The van der Waals surface area contributed by atoms with Crippen molar-refractivity contribution >= 4 is 27.6 Å². The van der Waals surface area contributed by atoms with Crippen LogP contribution in [0.4, 0.5) is 10.1 Å². The Morgan fingerprint density at radius 2 is 1.79 bits per heavy atom. The number of carbonyl (C=O) groups excluding carboxylic acids is 1. The minimum atomic E-state index is -3.76. The number of Topliss-reactive ketones (excluding diaryl/α,β-unsaturated/α-hetero) is 1. The summed E-state index contributed by atoms with van der Waals surface area (Å²) in [5.41, 5.74) is 3.07. The molecule has 0 radical (unpaired) electrons. The average molecular weight is 543 g/mol. The fourth-order valence-corrected chi connectivity index (χ4v) is 7.63. The van der Waals surface area contributed by atoms with E-state index in [2.05, 4.69) is 10.1 Å². The first-order valence-corrected chi connectivity index (χ1v) is 14.3. The van der Waals surface area contributed by atoms with E-state index in [1.807, 2.05) is 12.1 Å². The van der Waals surface area contributed by atoms with Crippen molar-refractivity contribution in [3.63, 3.8) is 0 Å². The molecule has 198 valence electrons. The van der Waals surface area contributed by atoms with Crippen molar-refractivity contribution in [1.29, 1.82) is 0 Å². The van der Waals surface area contributed by atoms with Gasteiger partial charge in [0.25, 0.3) is 0 Å². The van der Waals surface area contributed by atoms with Crippen LogP contribution in [0.5, 0.6) is 0 Å². The summed E-state index contributed by atoms with van der Waals surface area (Å²) in [6.45, 7) is 0. The van der Waals surface area contributed by atoms with Crippen molar-refractivity contribution < 1.29 is 17.6 Å². The largest absolute Gasteiger partial charge is 0.291 e. The number of hydrogen-bond donors (Lipinski definition) is 0. The maximum atomic E-state index is 14.2. The lowest BCUT2D eigenvalue weighted by Gasteiger charge is -2.44. The lowest BCUT2D eigenvalue weighted by molar-refractivity contribution is 0.0796. The van der Waals surface area contributed by atoms with E-state index in [1.54, 1.807) is 78.7 Å². The SMILES string of the molecule is CN(c1ccccc1)S(=O)(=O)[C@H]1CCC2=Cc3c(cnn3-c3ccc(F)cc3)C[C@]2(C(=O)c2ccccn2)C1. The maximum absolute atomic E-state index is 14.2. The lowest BCUT2D eigenvalue weighted by Crippen LogP contribution is -2.48. The monoisotopic (exact) mass is 542 g/mol. The van der Waals surface area contributed by atoms with E-state index in [4.69, 9.17) is 0 Å². The van der Waals surface area contributed by atoms with Crippen molar-refractivity contribution in [2.24, 2.45) is 5.41 Å². The van der Waals surface area contributed by atoms with Crippen LogP contribution in [0.2, 0.25) is 0 Å². The van der Waals surface area contributed by atoms with Gasteiger partial charge in [-0.25, -0.2) is 17.5 Å². The molecule has 2 aliphatic rings. The number of para-hydroxylation sites is 1. The number of benzene rings is 2. The molecule has 0 saturated heterocycles. The van der Waals surface area contributed by atoms with Gasteiger partial charge in [-0.15, -0.1) is 0 Å². The summed E-state index contributed by atoms with van der Waals surface area (Å²) in [6.07, 6.45) is 6.56. The number of halogens is 1. The number of sulfonamides is 1. The molecule has 7 nitrogen and oxygen atoms in total. The maximum Gasteiger partial charge on any atom is 0.237 e. The molecule has 2 heterocycles. The van der Waals surface area contributed by atoms with Gasteiger partial charge in [0.1, 0.15) is 11.5 Å². The van der Waals surface area contributed by atoms with Gasteiger partial charge in [0.2, 0.25) is 10.0 Å². The predicted octanol–water partition coefficient (Wildman–Crippen LogP) is 5.23. The van der Waals surface area contributed by atoms with Crippen molar-refractivity contribution in [3.8, 4) is 5.69 Å². The normalized spacial score (nSPS) is 20.5. The Labute approximate surface area is 226 Å². The van der Waals surface area contributed by atoms with Crippen LogP contribution in [0.25, 0.3) is 11.8 Å². The zero-order valence-corrected chi connectivity index (χ0v) is 22.2. The molecule has 0 amide bonds. The van der Waals surface area contributed by atoms with E-state index in [1.165, 1.54) is 16.4 Å². The van der Waals surface area contributed by atoms with Crippen molar-refractivity contribution in [1.82, 2.24) is 14.8 Å². The van der Waals surface area contributed by atoms with Crippen molar-refractivity contribution in [2.45, 2.75) is 30.9 Å². The van der Waals surface area contributed by atoms with Crippen LogP contribution in [-0.2, 0) is 16.4 Å². The van der Waals surface area contributed by atoms with Crippen LogP contribution in [0.1, 0.15) is 41.0 Å². The Balaban J connectivity index is 1.43. The van der Waals surface area contributed by atoms with Gasteiger partial charge in [-0.05, 0) is 85.9 Å². The highest BCUT2D eigenvalue weighted by atomic mass is 32.2. The van der Waals surface area contributed by atoms with E-state index < -0.39 is 20.7 Å². The Kier molecular flexibility index (Phi) is 6.18. The molecular weight excluding hydrogens is 515 g/mol. The summed E-state index contributed by atoms with van der Waals surface area (Å²) in [6, 6.07) is 20.2. The van der Waals surface area contributed by atoms with Crippen LogP contribution < -0.4 is 4.31 Å². The zero-order chi connectivity index (χ0) is 27.2. The minimum Gasteiger partial charge on any atom is -0.291 e. The number of aromatic nitrogens is 3. The number of pyridine rings is 1. The molecule has 6 rings (SSSR count). The van der Waals surface area contributed by atoms with E-state index >= 15 is 0 Å². The molecule has 1 saturated carbocycles. The molecule has 9 heteroatoms. The number of allylic oxidation sites excluding steroid dienone is 1. The fraction of sp³-hybridized carbons (Fsp3) is 0.233. The van der Waals surface area contributed by atoms with Crippen molar-refractivity contribution in [3.05, 3.63) is 114 Å². The molecule has 0 bridgehead atoms. The number of anilines is 1. The molecular formula is C30H27FN4O3S. The average Bonchev–Trinajstić information content (AvgIpc) is 3.38. The zero-order valence-electron chi connectivity index (χ0n) is 21.4. The van der Waals surface area contributed by atoms with Gasteiger partial charge in [-0.1, -0.05) is 29.8 Å². The van der Waals surface area contributed by atoms with Crippen LogP contribution in [0, 0.1) is 11.2 Å². The molecule has 2 aromatic heterocycles. The first-order valence-electron chi connectivity index (χ1n) is 12.8. The minimum absolute atomic E-state index is 0.148. The third kappa shape index (κ3) is 4.27. The summed E-state index contributed by atoms with van der Waals surface area (Å²) in [5, 5.41) is 3.80. The molecule has 2 aliphatic carbocycles. The second-order valence-electron chi connectivity index (χ2n) is 10.1. The summed E-state index contributed by atoms with van der Waals surface area (Å²) in [5.74, 6) is -0.519. The van der Waals surface area contributed by atoms with Gasteiger partial charge in [-0.2, -0.15) is 5.10 Å². The highest BCUT2D eigenvalue weighted by molar-refractivity contribution is 7.93. The molecule has 0 aliphatic heterocycles. The smallest absolute Gasteiger partial charge is 0.237 e. The van der Waals surface area contributed by atoms with Crippen LogP contribution in [0.3, 0.4) is 0 Å². The molecule has 0 N–H and O–H groups in total. The highest BCUT2D eigenvalue weighted by Crippen LogP contribution is 2.51. The molecule has 4 aromatic rings. The van der Waals surface area contributed by atoms with Gasteiger partial charge < -0.3 is 0 Å². The molecule has 1 fully saturated rings. The first kappa shape index (κ1) is 25.2. The van der Waals surface area contributed by atoms with Crippen LogP contribution >= 0.6 is 0 Å². The Bertz CT molecular complexity index is 1670. The standard InChI is InChI=1S/C30H27FN4O3S/c1-34(24-7-3-2-4-8-24)39(37,38)26-15-10-22-17-28-21(20-33-35(28)25-13-11-23(31)12-14-25)18-30(22,19-26)29(36)27-9-5-6-16-32-27/h2-9,11-14,16-17,20,26H,10,15,18-19H2,1H3/t26-,30-/m0/s1. The second-order valence-corrected chi connectivity index (χ2v) is 12.4. The number of carbonyl (C=O) groups is 1. The quantitative estimate of drug-likeness (QED) is 0.312. The summed E-state index contributed by atoms with van der Waals surface area (Å²) in [4.78, 5) is 18.5. The van der Waals surface area contributed by atoms with Crippen LogP contribution in [-0.4, -0.2) is 41.3 Å². The summed E-state index contributed by atoms with van der Waals surface area (Å²) in [7, 11) is -2.20. The van der Waals surface area contributed by atoms with Crippen LogP contribution in [0.15, 0.2) is 90.8 Å². The number of nitrogens with zero attached hydrogens (tertiary/aromatic N) is 4.